The standard InChI is InChI=1S/C22H19N3O3S/c1-14(26)17-9-20(27-2)21(28-3)10-18(17)24-12-16(11-23)22-25-19(13-29-22)15-7-5-4-6-8-15/h4-10,12-13,24H,1-3H3/b16-12-. The number of ketones is 1. The Labute approximate surface area is 173 Å². The molecule has 0 atom stereocenters. The Balaban J connectivity index is 1.93. The molecular weight excluding hydrogens is 386 g/mol. The molecule has 0 saturated carbocycles. The average Bonchev–Trinajstić information content (AvgIpc) is 3.24. The summed E-state index contributed by atoms with van der Waals surface area (Å²) in [4.78, 5) is 16.6. The highest BCUT2D eigenvalue weighted by Gasteiger charge is 2.15. The molecule has 0 bridgehead atoms. The van der Waals surface area contributed by atoms with Gasteiger partial charge < -0.3 is 14.8 Å². The van der Waals surface area contributed by atoms with Crippen LogP contribution in [-0.2, 0) is 0 Å². The maximum atomic E-state index is 12.0. The first-order valence-electron chi connectivity index (χ1n) is 8.72. The quantitative estimate of drug-likeness (QED) is 0.439. The number of thiazole rings is 1. The zero-order chi connectivity index (χ0) is 20.8. The molecule has 0 aliphatic rings. The van der Waals surface area contributed by atoms with E-state index >= 15 is 0 Å². The Kier molecular flexibility index (Phi) is 6.27. The topological polar surface area (TPSA) is 84.2 Å². The summed E-state index contributed by atoms with van der Waals surface area (Å²) < 4.78 is 10.6. The number of rotatable bonds is 7. The zero-order valence-electron chi connectivity index (χ0n) is 16.2. The van der Waals surface area contributed by atoms with Crippen molar-refractivity contribution in [3.8, 4) is 28.8 Å². The second kappa shape index (κ2) is 9.04. The van der Waals surface area contributed by atoms with Gasteiger partial charge in [-0.3, -0.25) is 4.79 Å². The molecule has 146 valence electrons. The van der Waals surface area contributed by atoms with Gasteiger partial charge in [-0.15, -0.1) is 11.3 Å². The van der Waals surface area contributed by atoms with Gasteiger partial charge in [0.2, 0.25) is 0 Å². The van der Waals surface area contributed by atoms with Crippen LogP contribution in [0.3, 0.4) is 0 Å². The first-order valence-corrected chi connectivity index (χ1v) is 9.60. The van der Waals surface area contributed by atoms with Gasteiger partial charge in [-0.1, -0.05) is 30.3 Å². The lowest BCUT2D eigenvalue weighted by Gasteiger charge is -2.13. The number of methoxy groups -OCH3 is 2. The van der Waals surface area contributed by atoms with Crippen LogP contribution >= 0.6 is 11.3 Å². The molecular formula is C22H19N3O3S. The molecule has 29 heavy (non-hydrogen) atoms. The van der Waals surface area contributed by atoms with Crippen LogP contribution < -0.4 is 14.8 Å². The summed E-state index contributed by atoms with van der Waals surface area (Å²) >= 11 is 1.38. The van der Waals surface area contributed by atoms with Crippen LogP contribution in [0.5, 0.6) is 11.5 Å². The Morgan fingerprint density at radius 1 is 1.17 bits per heavy atom. The van der Waals surface area contributed by atoms with E-state index in [2.05, 4.69) is 16.4 Å². The molecule has 3 rings (SSSR count). The molecule has 2 aromatic carbocycles. The van der Waals surface area contributed by atoms with Crippen molar-refractivity contribution in [2.24, 2.45) is 0 Å². The Hall–Kier alpha value is -3.63. The van der Waals surface area contributed by atoms with Crippen molar-refractivity contribution in [2.75, 3.05) is 19.5 Å². The number of Topliss-reactive ketones (excluding diaryl/α,β-unsaturated/α-hetero) is 1. The number of nitriles is 1. The van der Waals surface area contributed by atoms with Gasteiger partial charge in [0.1, 0.15) is 16.6 Å². The second-order valence-corrected chi connectivity index (χ2v) is 6.89. The van der Waals surface area contributed by atoms with E-state index in [-0.39, 0.29) is 5.78 Å². The summed E-state index contributed by atoms with van der Waals surface area (Å²) in [5.74, 6) is 0.800. The van der Waals surface area contributed by atoms with Crippen molar-refractivity contribution >= 4 is 28.4 Å². The molecule has 0 aliphatic carbocycles. The van der Waals surface area contributed by atoms with E-state index in [1.807, 2.05) is 35.7 Å². The zero-order valence-corrected chi connectivity index (χ0v) is 17.0. The van der Waals surface area contributed by atoms with Crippen LogP contribution in [0, 0.1) is 11.3 Å². The first-order chi connectivity index (χ1) is 14.1. The molecule has 6 nitrogen and oxygen atoms in total. The fraction of sp³-hybridized carbons (Fsp3) is 0.136. The molecule has 0 fully saturated rings. The molecule has 0 spiro atoms. The molecule has 3 aromatic rings. The van der Waals surface area contributed by atoms with E-state index in [0.29, 0.717) is 33.3 Å². The van der Waals surface area contributed by atoms with Gasteiger partial charge in [0.05, 0.1) is 25.6 Å². The number of nitrogens with one attached hydrogen (secondary N) is 1. The third-order valence-corrected chi connectivity index (χ3v) is 5.08. The molecule has 1 heterocycles. The molecule has 7 heteroatoms. The third-order valence-electron chi connectivity index (χ3n) is 4.20. The largest absolute Gasteiger partial charge is 0.493 e. The van der Waals surface area contributed by atoms with Gasteiger partial charge >= 0.3 is 0 Å². The average molecular weight is 405 g/mol. The van der Waals surface area contributed by atoms with E-state index in [0.717, 1.165) is 11.3 Å². The van der Waals surface area contributed by atoms with Crippen molar-refractivity contribution in [2.45, 2.75) is 6.92 Å². The minimum atomic E-state index is -0.138. The number of nitrogens with zero attached hydrogens (tertiary/aromatic N) is 2. The van der Waals surface area contributed by atoms with Crippen molar-refractivity contribution in [1.29, 1.82) is 5.26 Å². The normalized spacial score (nSPS) is 10.9. The minimum absolute atomic E-state index is 0.138. The number of anilines is 1. The van der Waals surface area contributed by atoms with Gasteiger partial charge in [0.15, 0.2) is 17.3 Å². The summed E-state index contributed by atoms with van der Waals surface area (Å²) in [7, 11) is 3.03. The number of hydrogen-bond acceptors (Lipinski definition) is 7. The van der Waals surface area contributed by atoms with E-state index in [9.17, 15) is 10.1 Å². The monoisotopic (exact) mass is 405 g/mol. The Morgan fingerprint density at radius 2 is 1.86 bits per heavy atom. The number of carbonyl (C=O) groups excluding carboxylic acids is 1. The molecule has 0 amide bonds. The highest BCUT2D eigenvalue weighted by molar-refractivity contribution is 7.11. The van der Waals surface area contributed by atoms with Crippen molar-refractivity contribution in [3.05, 3.63) is 64.6 Å². The first kappa shape index (κ1) is 20.1. The van der Waals surface area contributed by atoms with Crippen molar-refractivity contribution in [3.63, 3.8) is 0 Å². The van der Waals surface area contributed by atoms with Gasteiger partial charge in [0.25, 0.3) is 0 Å². The van der Waals surface area contributed by atoms with Crippen LogP contribution in [-0.4, -0.2) is 25.0 Å². The predicted octanol–water partition coefficient (Wildman–Crippen LogP) is 5.01. The van der Waals surface area contributed by atoms with Gasteiger partial charge in [-0.05, 0) is 13.0 Å². The van der Waals surface area contributed by atoms with Gasteiger partial charge in [-0.25, -0.2) is 4.98 Å². The molecule has 0 aliphatic heterocycles. The smallest absolute Gasteiger partial charge is 0.162 e. The molecule has 1 N–H and O–H groups in total. The number of benzene rings is 2. The lowest BCUT2D eigenvalue weighted by Crippen LogP contribution is -2.03. The SMILES string of the molecule is COc1cc(N/C=C(/C#N)c2nc(-c3ccccc3)cs2)c(C(C)=O)cc1OC. The molecule has 0 radical (unpaired) electrons. The maximum Gasteiger partial charge on any atom is 0.162 e. The van der Waals surface area contributed by atoms with Gasteiger partial charge in [0, 0.05) is 28.8 Å². The highest BCUT2D eigenvalue weighted by Crippen LogP contribution is 2.34. The molecule has 0 saturated heterocycles. The number of aromatic nitrogens is 1. The predicted molar refractivity (Wildman–Crippen MR) is 114 cm³/mol. The van der Waals surface area contributed by atoms with Crippen LogP contribution in [0.4, 0.5) is 5.69 Å². The van der Waals surface area contributed by atoms with E-state index in [4.69, 9.17) is 9.47 Å². The summed E-state index contributed by atoms with van der Waals surface area (Å²) in [6.07, 6.45) is 1.54. The van der Waals surface area contributed by atoms with Gasteiger partial charge in [-0.2, -0.15) is 5.26 Å². The highest BCUT2D eigenvalue weighted by atomic mass is 32.1. The summed E-state index contributed by atoms with van der Waals surface area (Å²) in [6, 6.07) is 15.2. The van der Waals surface area contributed by atoms with Crippen LogP contribution in [0.1, 0.15) is 22.3 Å². The van der Waals surface area contributed by atoms with E-state index < -0.39 is 0 Å². The fourth-order valence-corrected chi connectivity index (χ4v) is 3.52. The maximum absolute atomic E-state index is 12.0. The number of carbonyl (C=O) groups is 1. The van der Waals surface area contributed by atoms with Crippen LogP contribution in [0.2, 0.25) is 0 Å². The van der Waals surface area contributed by atoms with Crippen LogP contribution in [0.25, 0.3) is 16.8 Å². The van der Waals surface area contributed by atoms with Crippen molar-refractivity contribution < 1.29 is 14.3 Å². The van der Waals surface area contributed by atoms with Crippen molar-refractivity contribution in [1.82, 2.24) is 4.98 Å². The van der Waals surface area contributed by atoms with E-state index in [1.54, 1.807) is 18.3 Å². The lowest BCUT2D eigenvalue weighted by atomic mass is 10.1. The Morgan fingerprint density at radius 3 is 2.48 bits per heavy atom. The number of ether oxygens (including phenoxy) is 2. The third kappa shape index (κ3) is 4.45. The summed E-state index contributed by atoms with van der Waals surface area (Å²) in [5, 5.41) is 15.1. The fourth-order valence-electron chi connectivity index (χ4n) is 2.72. The minimum Gasteiger partial charge on any atom is -0.493 e. The lowest BCUT2D eigenvalue weighted by molar-refractivity contribution is 0.101. The summed E-state index contributed by atoms with van der Waals surface area (Å²) in [6.45, 7) is 1.47. The molecule has 1 aromatic heterocycles. The summed E-state index contributed by atoms with van der Waals surface area (Å²) in [5.41, 5.74) is 3.10. The van der Waals surface area contributed by atoms with E-state index in [1.165, 1.54) is 32.5 Å². The Bertz CT molecular complexity index is 1100. The number of hydrogen-bond donors (Lipinski definition) is 1. The molecule has 0 unspecified atom stereocenters. The number of allylic oxidation sites excluding steroid dienone is 1. The van der Waals surface area contributed by atoms with Crippen LogP contribution in [0.15, 0.2) is 54.0 Å². The second-order valence-electron chi connectivity index (χ2n) is 6.03.